The molecular formula is C12H15ClN4OS. The second-order valence-electron chi connectivity index (χ2n) is 4.70. The molecule has 0 spiro atoms. The van der Waals surface area contributed by atoms with E-state index in [-0.39, 0.29) is 0 Å². The molecule has 0 fully saturated rings. The van der Waals surface area contributed by atoms with E-state index in [0.717, 1.165) is 4.90 Å². The number of thioether (sulfide) groups is 1. The Morgan fingerprint density at radius 2 is 2.16 bits per heavy atom. The molecule has 1 heterocycles. The Balaban J connectivity index is 2.04. The van der Waals surface area contributed by atoms with E-state index >= 15 is 0 Å². The monoisotopic (exact) mass is 298 g/mol. The molecule has 0 aliphatic rings. The lowest BCUT2D eigenvalue weighted by atomic mass is 10.1. The van der Waals surface area contributed by atoms with E-state index in [1.165, 1.54) is 11.8 Å². The molecule has 0 atom stereocenters. The summed E-state index contributed by atoms with van der Waals surface area (Å²) in [5.74, 6) is 1.55. The van der Waals surface area contributed by atoms with E-state index < -0.39 is 5.54 Å². The van der Waals surface area contributed by atoms with Gasteiger partial charge >= 0.3 is 0 Å². The Labute approximate surface area is 120 Å². The van der Waals surface area contributed by atoms with Gasteiger partial charge in [0.05, 0.1) is 11.3 Å². The molecule has 0 radical (unpaired) electrons. The maximum absolute atomic E-state index is 5.89. The molecule has 2 aromatic rings. The van der Waals surface area contributed by atoms with Gasteiger partial charge in [-0.05, 0) is 32.0 Å². The molecular weight excluding hydrogens is 284 g/mol. The summed E-state index contributed by atoms with van der Waals surface area (Å²) in [7, 11) is 0. The number of halogens is 1. The van der Waals surface area contributed by atoms with E-state index in [4.69, 9.17) is 27.6 Å². The van der Waals surface area contributed by atoms with Crippen LogP contribution in [0.15, 0.2) is 27.6 Å². The number of anilines is 1. The first-order valence-corrected chi connectivity index (χ1v) is 7.02. The first-order valence-electron chi connectivity index (χ1n) is 5.66. The summed E-state index contributed by atoms with van der Waals surface area (Å²) in [6.45, 7) is 3.65. The van der Waals surface area contributed by atoms with Crippen molar-refractivity contribution in [1.82, 2.24) is 10.1 Å². The third-order valence-electron chi connectivity index (χ3n) is 2.37. The topological polar surface area (TPSA) is 91.0 Å². The summed E-state index contributed by atoms with van der Waals surface area (Å²) in [6.07, 6.45) is 0. The Kier molecular flexibility index (Phi) is 4.03. The van der Waals surface area contributed by atoms with Crippen molar-refractivity contribution in [3.05, 3.63) is 34.9 Å². The second kappa shape index (κ2) is 5.40. The normalized spacial score (nSPS) is 11.8. The highest BCUT2D eigenvalue weighted by atomic mass is 35.5. The zero-order chi connectivity index (χ0) is 14.0. The summed E-state index contributed by atoms with van der Waals surface area (Å²) in [5, 5.41) is 4.48. The number of benzene rings is 1. The SMILES string of the molecule is CC(C)(N)c1noc(CSc2ccc(Cl)cc2N)n1. The molecule has 2 rings (SSSR count). The maximum Gasteiger partial charge on any atom is 0.237 e. The lowest BCUT2D eigenvalue weighted by molar-refractivity contribution is 0.370. The van der Waals surface area contributed by atoms with Crippen LogP contribution in [0.2, 0.25) is 5.02 Å². The summed E-state index contributed by atoms with van der Waals surface area (Å²) < 4.78 is 5.15. The van der Waals surface area contributed by atoms with Crippen molar-refractivity contribution in [2.24, 2.45) is 5.73 Å². The van der Waals surface area contributed by atoms with Crippen LogP contribution in [0.3, 0.4) is 0 Å². The van der Waals surface area contributed by atoms with Gasteiger partial charge in [0.15, 0.2) is 5.82 Å². The van der Waals surface area contributed by atoms with Gasteiger partial charge in [-0.3, -0.25) is 0 Å². The number of hydrogen-bond acceptors (Lipinski definition) is 6. The molecule has 1 aromatic heterocycles. The molecule has 0 aliphatic heterocycles. The van der Waals surface area contributed by atoms with Crippen LogP contribution in [0.5, 0.6) is 0 Å². The van der Waals surface area contributed by atoms with Crippen molar-refractivity contribution in [2.45, 2.75) is 30.0 Å². The Hall–Kier alpha value is -1.24. The van der Waals surface area contributed by atoms with Crippen molar-refractivity contribution in [2.75, 3.05) is 5.73 Å². The molecule has 1 aromatic carbocycles. The summed E-state index contributed by atoms with van der Waals surface area (Å²) in [5.41, 5.74) is 11.8. The number of nitrogens with two attached hydrogens (primary N) is 2. The van der Waals surface area contributed by atoms with E-state index in [1.807, 2.05) is 19.9 Å². The van der Waals surface area contributed by atoms with Crippen LogP contribution in [0.1, 0.15) is 25.6 Å². The fourth-order valence-corrected chi connectivity index (χ4v) is 2.33. The smallest absolute Gasteiger partial charge is 0.237 e. The van der Waals surface area contributed by atoms with Crippen LogP contribution in [-0.2, 0) is 11.3 Å². The lowest BCUT2D eigenvalue weighted by Gasteiger charge is -2.11. The van der Waals surface area contributed by atoms with Crippen molar-refractivity contribution in [3.8, 4) is 0 Å². The van der Waals surface area contributed by atoms with Crippen molar-refractivity contribution in [1.29, 1.82) is 0 Å². The molecule has 102 valence electrons. The number of hydrogen-bond donors (Lipinski definition) is 2. The minimum atomic E-state index is -0.605. The van der Waals surface area contributed by atoms with Crippen LogP contribution in [0.25, 0.3) is 0 Å². The van der Waals surface area contributed by atoms with Crippen molar-refractivity contribution in [3.63, 3.8) is 0 Å². The van der Waals surface area contributed by atoms with Gasteiger partial charge in [-0.2, -0.15) is 4.98 Å². The zero-order valence-corrected chi connectivity index (χ0v) is 12.3. The fraction of sp³-hybridized carbons (Fsp3) is 0.333. The van der Waals surface area contributed by atoms with Gasteiger partial charge in [0.1, 0.15) is 0 Å². The van der Waals surface area contributed by atoms with Crippen LogP contribution >= 0.6 is 23.4 Å². The quantitative estimate of drug-likeness (QED) is 0.666. The Bertz CT molecular complexity index is 579. The third kappa shape index (κ3) is 3.62. The van der Waals surface area contributed by atoms with Gasteiger partial charge < -0.3 is 16.0 Å². The highest BCUT2D eigenvalue weighted by Gasteiger charge is 2.21. The van der Waals surface area contributed by atoms with Crippen molar-refractivity contribution >= 4 is 29.1 Å². The Morgan fingerprint density at radius 1 is 1.42 bits per heavy atom. The molecule has 19 heavy (non-hydrogen) atoms. The Morgan fingerprint density at radius 3 is 2.74 bits per heavy atom. The third-order valence-corrected chi connectivity index (χ3v) is 3.68. The predicted octanol–water partition coefficient (Wildman–Crippen LogP) is 2.79. The summed E-state index contributed by atoms with van der Waals surface area (Å²) in [6, 6.07) is 5.38. The zero-order valence-electron chi connectivity index (χ0n) is 10.7. The molecule has 7 heteroatoms. The van der Waals surface area contributed by atoms with Gasteiger partial charge in [0, 0.05) is 15.6 Å². The standard InChI is InChI=1S/C12H15ClN4OS/c1-12(2,15)11-16-10(18-17-11)6-19-9-4-3-7(13)5-8(9)14/h3-5H,6,14-15H2,1-2H3. The number of nitrogens with zero attached hydrogens (tertiary/aromatic N) is 2. The average Bonchev–Trinajstić information content (AvgIpc) is 2.76. The van der Waals surface area contributed by atoms with Gasteiger partial charge in [0.2, 0.25) is 5.89 Å². The minimum Gasteiger partial charge on any atom is -0.398 e. The fourth-order valence-electron chi connectivity index (χ4n) is 1.37. The molecule has 0 amide bonds. The highest BCUT2D eigenvalue weighted by molar-refractivity contribution is 7.98. The van der Waals surface area contributed by atoms with Crippen LogP contribution < -0.4 is 11.5 Å². The highest BCUT2D eigenvalue weighted by Crippen LogP contribution is 2.30. The summed E-state index contributed by atoms with van der Waals surface area (Å²) in [4.78, 5) is 5.18. The molecule has 0 aliphatic carbocycles. The second-order valence-corrected chi connectivity index (χ2v) is 6.16. The average molecular weight is 299 g/mol. The number of nitrogen functional groups attached to an aromatic ring is 1. The maximum atomic E-state index is 5.89. The predicted molar refractivity (Wildman–Crippen MR) is 76.9 cm³/mol. The van der Waals surface area contributed by atoms with E-state index in [1.54, 1.807) is 12.1 Å². The molecule has 0 unspecified atom stereocenters. The first-order chi connectivity index (χ1) is 8.86. The lowest BCUT2D eigenvalue weighted by Crippen LogP contribution is -2.30. The van der Waals surface area contributed by atoms with E-state index in [9.17, 15) is 0 Å². The van der Waals surface area contributed by atoms with Crippen LogP contribution in [-0.4, -0.2) is 10.1 Å². The molecule has 4 N–H and O–H groups in total. The molecule has 0 saturated heterocycles. The number of rotatable bonds is 4. The van der Waals surface area contributed by atoms with Gasteiger partial charge in [-0.25, -0.2) is 0 Å². The largest absolute Gasteiger partial charge is 0.398 e. The number of aromatic nitrogens is 2. The molecule has 0 bridgehead atoms. The van der Waals surface area contributed by atoms with Gasteiger partial charge in [-0.15, -0.1) is 11.8 Å². The van der Waals surface area contributed by atoms with E-state index in [2.05, 4.69) is 10.1 Å². The summed E-state index contributed by atoms with van der Waals surface area (Å²) >= 11 is 7.36. The molecule has 0 saturated carbocycles. The first kappa shape index (κ1) is 14.2. The van der Waals surface area contributed by atoms with Gasteiger partial charge in [0.25, 0.3) is 0 Å². The van der Waals surface area contributed by atoms with E-state index in [0.29, 0.717) is 28.2 Å². The minimum absolute atomic E-state index is 0.493. The van der Waals surface area contributed by atoms with Gasteiger partial charge in [-0.1, -0.05) is 16.8 Å². The van der Waals surface area contributed by atoms with Crippen molar-refractivity contribution < 1.29 is 4.52 Å². The van der Waals surface area contributed by atoms with Crippen LogP contribution in [0, 0.1) is 0 Å². The van der Waals surface area contributed by atoms with Crippen LogP contribution in [0.4, 0.5) is 5.69 Å². The molecule has 5 nitrogen and oxygen atoms in total.